The van der Waals surface area contributed by atoms with Gasteiger partial charge in [-0.05, 0) is 56.2 Å². The Balaban J connectivity index is 2.05. The van der Waals surface area contributed by atoms with Crippen LogP contribution in [0.2, 0.25) is 0 Å². The Kier molecular flexibility index (Phi) is 3.85. The summed E-state index contributed by atoms with van der Waals surface area (Å²) in [7, 11) is 0. The molecular weight excluding hydrogens is 240 g/mol. The average Bonchev–Trinajstić information content (AvgIpc) is 2.77. The second-order valence-electron chi connectivity index (χ2n) is 4.47. The Labute approximate surface area is 112 Å². The number of aryl methyl sites for hydroxylation is 3. The number of furan rings is 1. The maximum absolute atomic E-state index is 11.7. The summed E-state index contributed by atoms with van der Waals surface area (Å²) in [5, 5.41) is 0. The van der Waals surface area contributed by atoms with Crippen molar-refractivity contribution in [3.05, 3.63) is 59.1 Å². The van der Waals surface area contributed by atoms with Gasteiger partial charge in [-0.15, -0.1) is 0 Å². The van der Waals surface area contributed by atoms with Gasteiger partial charge in [-0.1, -0.05) is 12.1 Å². The first-order chi connectivity index (χ1) is 9.04. The van der Waals surface area contributed by atoms with Crippen molar-refractivity contribution in [2.45, 2.75) is 20.8 Å². The Morgan fingerprint density at radius 3 is 2.63 bits per heavy atom. The molecule has 0 unspecified atom stereocenters. The highest BCUT2D eigenvalue weighted by molar-refractivity contribution is 5.88. The van der Waals surface area contributed by atoms with E-state index in [1.165, 1.54) is 6.08 Å². The van der Waals surface area contributed by atoms with E-state index in [9.17, 15) is 4.79 Å². The summed E-state index contributed by atoms with van der Waals surface area (Å²) in [6.45, 7) is 5.71. The van der Waals surface area contributed by atoms with Gasteiger partial charge in [0.2, 0.25) is 0 Å². The van der Waals surface area contributed by atoms with Crippen LogP contribution in [0.4, 0.5) is 0 Å². The molecule has 0 radical (unpaired) electrons. The fourth-order valence-corrected chi connectivity index (χ4v) is 1.65. The molecule has 19 heavy (non-hydrogen) atoms. The molecule has 0 fully saturated rings. The summed E-state index contributed by atoms with van der Waals surface area (Å²) in [6.07, 6.45) is 2.96. The highest BCUT2D eigenvalue weighted by Crippen LogP contribution is 2.19. The van der Waals surface area contributed by atoms with Crippen LogP contribution in [0.15, 0.2) is 40.8 Å². The second-order valence-corrected chi connectivity index (χ2v) is 4.47. The van der Waals surface area contributed by atoms with Crippen molar-refractivity contribution in [3.63, 3.8) is 0 Å². The van der Waals surface area contributed by atoms with Crippen LogP contribution >= 0.6 is 0 Å². The van der Waals surface area contributed by atoms with Crippen molar-refractivity contribution >= 4 is 12.0 Å². The van der Waals surface area contributed by atoms with E-state index in [0.717, 1.165) is 16.9 Å². The monoisotopic (exact) mass is 256 g/mol. The number of rotatable bonds is 3. The number of ether oxygens (including phenoxy) is 1. The fraction of sp³-hybridized carbons (Fsp3) is 0.188. The Hall–Kier alpha value is -2.29. The lowest BCUT2D eigenvalue weighted by molar-refractivity contribution is -0.128. The van der Waals surface area contributed by atoms with E-state index >= 15 is 0 Å². The molecule has 0 amide bonds. The van der Waals surface area contributed by atoms with Gasteiger partial charge < -0.3 is 9.15 Å². The van der Waals surface area contributed by atoms with E-state index in [1.54, 1.807) is 12.1 Å². The Morgan fingerprint density at radius 2 is 1.95 bits per heavy atom. The first-order valence-electron chi connectivity index (χ1n) is 6.08. The lowest BCUT2D eigenvalue weighted by Crippen LogP contribution is -2.04. The molecule has 0 aliphatic heterocycles. The fourth-order valence-electron chi connectivity index (χ4n) is 1.65. The third kappa shape index (κ3) is 3.58. The first kappa shape index (κ1) is 13.1. The van der Waals surface area contributed by atoms with Gasteiger partial charge in [-0.25, -0.2) is 4.79 Å². The summed E-state index contributed by atoms with van der Waals surface area (Å²) >= 11 is 0. The van der Waals surface area contributed by atoms with Crippen LogP contribution in [0.1, 0.15) is 22.6 Å². The van der Waals surface area contributed by atoms with E-state index in [0.29, 0.717) is 11.5 Å². The van der Waals surface area contributed by atoms with Gasteiger partial charge in [-0.3, -0.25) is 0 Å². The van der Waals surface area contributed by atoms with Crippen LogP contribution < -0.4 is 4.74 Å². The summed E-state index contributed by atoms with van der Waals surface area (Å²) in [6, 6.07) is 9.40. The van der Waals surface area contributed by atoms with E-state index in [4.69, 9.17) is 9.15 Å². The molecule has 0 atom stereocenters. The average molecular weight is 256 g/mol. The minimum atomic E-state index is -0.414. The van der Waals surface area contributed by atoms with E-state index in [1.807, 2.05) is 45.0 Å². The molecule has 3 nitrogen and oxygen atoms in total. The largest absolute Gasteiger partial charge is 0.462 e. The van der Waals surface area contributed by atoms with Crippen LogP contribution in [0.5, 0.6) is 5.75 Å². The maximum Gasteiger partial charge on any atom is 0.336 e. The molecule has 0 aliphatic carbocycles. The predicted octanol–water partition coefficient (Wildman–Crippen LogP) is 3.82. The molecule has 1 aromatic carbocycles. The third-order valence-electron chi connectivity index (χ3n) is 2.70. The van der Waals surface area contributed by atoms with Crippen molar-refractivity contribution in [2.75, 3.05) is 0 Å². The van der Waals surface area contributed by atoms with Crippen molar-refractivity contribution < 1.29 is 13.9 Å². The maximum atomic E-state index is 11.7. The smallest absolute Gasteiger partial charge is 0.336 e. The molecule has 2 rings (SSSR count). The molecule has 0 bridgehead atoms. The molecule has 98 valence electrons. The van der Waals surface area contributed by atoms with Gasteiger partial charge in [0.15, 0.2) is 0 Å². The summed E-state index contributed by atoms with van der Waals surface area (Å²) in [5.41, 5.74) is 1.99. The molecule has 0 N–H and O–H groups in total. The molecule has 1 heterocycles. The van der Waals surface area contributed by atoms with Gasteiger partial charge in [0.1, 0.15) is 17.3 Å². The zero-order valence-electron chi connectivity index (χ0n) is 11.3. The van der Waals surface area contributed by atoms with Crippen LogP contribution in [0, 0.1) is 20.8 Å². The number of esters is 1. The quantitative estimate of drug-likeness (QED) is 0.476. The van der Waals surface area contributed by atoms with Crippen LogP contribution in [-0.2, 0) is 4.79 Å². The van der Waals surface area contributed by atoms with Gasteiger partial charge >= 0.3 is 5.97 Å². The van der Waals surface area contributed by atoms with E-state index in [2.05, 4.69) is 0 Å². The van der Waals surface area contributed by atoms with E-state index < -0.39 is 5.97 Å². The van der Waals surface area contributed by atoms with Gasteiger partial charge in [0.05, 0.1) is 0 Å². The van der Waals surface area contributed by atoms with Crippen LogP contribution in [-0.4, -0.2) is 5.97 Å². The molecule has 1 aromatic heterocycles. The lowest BCUT2D eigenvalue weighted by atomic mass is 10.1. The van der Waals surface area contributed by atoms with Gasteiger partial charge in [-0.2, -0.15) is 0 Å². The predicted molar refractivity (Wildman–Crippen MR) is 74.0 cm³/mol. The third-order valence-corrected chi connectivity index (χ3v) is 2.70. The minimum absolute atomic E-state index is 0.414. The standard InChI is InChI=1S/C16H16O3/c1-11-4-5-12(2)15(10-11)19-16(17)9-8-14-7-6-13(3)18-14/h4-10H,1-3H3. The number of hydrogen-bond acceptors (Lipinski definition) is 3. The Morgan fingerprint density at radius 1 is 1.16 bits per heavy atom. The van der Waals surface area contributed by atoms with Crippen molar-refractivity contribution in [3.8, 4) is 5.75 Å². The molecule has 0 saturated heterocycles. The highest BCUT2D eigenvalue weighted by atomic mass is 16.5. The first-order valence-corrected chi connectivity index (χ1v) is 6.08. The number of hydrogen-bond donors (Lipinski definition) is 0. The highest BCUT2D eigenvalue weighted by Gasteiger charge is 2.04. The molecular formula is C16H16O3. The van der Waals surface area contributed by atoms with Crippen molar-refractivity contribution in [1.29, 1.82) is 0 Å². The lowest BCUT2D eigenvalue weighted by Gasteiger charge is -2.05. The molecule has 2 aromatic rings. The summed E-state index contributed by atoms with van der Waals surface area (Å²) in [5.74, 6) is 1.62. The SMILES string of the molecule is Cc1ccc(C)c(OC(=O)C=Cc2ccc(C)o2)c1. The van der Waals surface area contributed by atoms with Crippen molar-refractivity contribution in [1.82, 2.24) is 0 Å². The van der Waals surface area contributed by atoms with Gasteiger partial charge in [0.25, 0.3) is 0 Å². The zero-order chi connectivity index (χ0) is 13.8. The normalized spacial score (nSPS) is 10.9. The number of carbonyl (C=O) groups excluding carboxylic acids is 1. The molecule has 0 saturated carbocycles. The van der Waals surface area contributed by atoms with Crippen molar-refractivity contribution in [2.24, 2.45) is 0 Å². The molecule has 0 aliphatic rings. The molecule has 3 heteroatoms. The van der Waals surface area contributed by atoms with Gasteiger partial charge in [0, 0.05) is 6.08 Å². The number of carbonyl (C=O) groups is 1. The molecule has 0 spiro atoms. The van der Waals surface area contributed by atoms with E-state index in [-0.39, 0.29) is 0 Å². The topological polar surface area (TPSA) is 39.4 Å². The van der Waals surface area contributed by atoms with Crippen LogP contribution in [0.25, 0.3) is 6.08 Å². The second kappa shape index (κ2) is 5.57. The number of benzene rings is 1. The summed E-state index contributed by atoms with van der Waals surface area (Å²) in [4.78, 5) is 11.7. The zero-order valence-corrected chi connectivity index (χ0v) is 11.3. The summed E-state index contributed by atoms with van der Waals surface area (Å²) < 4.78 is 10.6. The minimum Gasteiger partial charge on any atom is -0.462 e. The van der Waals surface area contributed by atoms with Crippen LogP contribution in [0.3, 0.4) is 0 Å². The Bertz CT molecular complexity index is 621.